The minimum atomic E-state index is -1.16. The Morgan fingerprint density at radius 1 is 1.40 bits per heavy atom. The number of aromatic nitrogens is 2. The number of carbonyl (C=O) groups is 1. The number of carbonyl (C=O) groups excluding carboxylic acids is 1. The Labute approximate surface area is 120 Å². The fraction of sp³-hybridized carbons (Fsp3) is 0.214. The van der Waals surface area contributed by atoms with Gasteiger partial charge in [-0.1, -0.05) is 49.0 Å². The summed E-state index contributed by atoms with van der Waals surface area (Å²) in [6.07, 6.45) is 0.395. The first-order valence-electron chi connectivity index (χ1n) is 6.14. The highest BCUT2D eigenvalue weighted by Crippen LogP contribution is 2.23. The lowest BCUT2D eigenvalue weighted by molar-refractivity contribution is -0.304. The zero-order valence-corrected chi connectivity index (χ0v) is 11.6. The van der Waals surface area contributed by atoms with E-state index >= 15 is 0 Å². The van der Waals surface area contributed by atoms with E-state index < -0.39 is 11.2 Å². The van der Waals surface area contributed by atoms with Crippen LogP contribution in [0.1, 0.15) is 13.3 Å². The minimum Gasteiger partial charge on any atom is -0.549 e. The van der Waals surface area contributed by atoms with Crippen molar-refractivity contribution >= 4 is 17.7 Å². The summed E-state index contributed by atoms with van der Waals surface area (Å²) in [5.74, 6) is -1.16. The summed E-state index contributed by atoms with van der Waals surface area (Å²) in [5, 5.41) is 10.5. The van der Waals surface area contributed by atoms with E-state index in [1.54, 1.807) is 6.92 Å². The largest absolute Gasteiger partial charge is 0.549 e. The first kappa shape index (κ1) is 14.3. The third-order valence-electron chi connectivity index (χ3n) is 2.68. The minimum absolute atomic E-state index is 0.285. The van der Waals surface area contributed by atoms with Crippen LogP contribution in [0.5, 0.6) is 0 Å². The highest BCUT2D eigenvalue weighted by Gasteiger charge is 2.12. The van der Waals surface area contributed by atoms with Gasteiger partial charge in [-0.2, -0.15) is 0 Å². The highest BCUT2D eigenvalue weighted by molar-refractivity contribution is 8.00. The third-order valence-corrected chi connectivity index (χ3v) is 3.90. The van der Waals surface area contributed by atoms with Crippen LogP contribution in [0, 0.1) is 0 Å². The van der Waals surface area contributed by atoms with Crippen LogP contribution in [0.25, 0.3) is 11.3 Å². The lowest BCUT2D eigenvalue weighted by Crippen LogP contribution is -2.33. The van der Waals surface area contributed by atoms with Gasteiger partial charge in [0.25, 0.3) is 5.56 Å². The molecule has 1 N–H and O–H groups in total. The normalized spacial score (nSPS) is 12.1. The summed E-state index contributed by atoms with van der Waals surface area (Å²) < 4.78 is 0. The number of thioether (sulfide) groups is 1. The van der Waals surface area contributed by atoms with Gasteiger partial charge in [-0.3, -0.25) is 4.79 Å². The number of hydrogen-bond acceptors (Lipinski definition) is 5. The number of aliphatic carboxylic acids is 1. The van der Waals surface area contributed by atoms with Gasteiger partial charge in [0, 0.05) is 11.6 Å². The topological polar surface area (TPSA) is 85.9 Å². The van der Waals surface area contributed by atoms with Crippen LogP contribution < -0.4 is 10.7 Å². The van der Waals surface area contributed by atoms with Gasteiger partial charge in [-0.05, 0) is 6.42 Å². The van der Waals surface area contributed by atoms with E-state index in [0.29, 0.717) is 12.1 Å². The van der Waals surface area contributed by atoms with Crippen LogP contribution in [-0.2, 0) is 4.79 Å². The quantitative estimate of drug-likeness (QED) is 0.657. The Balaban J connectivity index is 2.34. The Morgan fingerprint density at radius 3 is 2.70 bits per heavy atom. The van der Waals surface area contributed by atoms with Crippen molar-refractivity contribution in [3.63, 3.8) is 0 Å². The number of carboxylic acid groups (broad SMARTS) is 1. The SMILES string of the molecule is CCC(Sc1nc(-c2ccccc2)cc(=O)[nH]1)C(=O)[O-]. The van der Waals surface area contributed by atoms with E-state index in [-0.39, 0.29) is 10.7 Å². The molecule has 1 aromatic heterocycles. The standard InChI is InChI=1S/C14H14N2O3S/c1-2-11(13(18)19)20-14-15-10(8-12(17)16-14)9-6-4-3-5-7-9/h3-8,11H,2H2,1H3,(H,18,19)(H,15,16,17)/p-1. The maximum Gasteiger partial charge on any atom is 0.252 e. The van der Waals surface area contributed by atoms with Crippen LogP contribution in [-0.4, -0.2) is 21.2 Å². The van der Waals surface area contributed by atoms with Crippen LogP contribution in [0.2, 0.25) is 0 Å². The first-order valence-corrected chi connectivity index (χ1v) is 7.02. The summed E-state index contributed by atoms with van der Waals surface area (Å²) in [7, 11) is 0. The number of benzene rings is 1. The maximum atomic E-state index is 11.7. The molecule has 2 aromatic rings. The number of carboxylic acids is 1. The van der Waals surface area contributed by atoms with Gasteiger partial charge in [-0.25, -0.2) is 4.98 Å². The lowest BCUT2D eigenvalue weighted by atomic mass is 10.1. The second-order valence-electron chi connectivity index (χ2n) is 4.14. The molecule has 6 heteroatoms. The number of hydrogen-bond donors (Lipinski definition) is 1. The average molecular weight is 289 g/mol. The van der Waals surface area contributed by atoms with E-state index in [4.69, 9.17) is 0 Å². The molecule has 1 aromatic carbocycles. The van der Waals surface area contributed by atoms with E-state index in [1.807, 2.05) is 30.3 Å². The summed E-state index contributed by atoms with van der Waals surface area (Å²) in [4.78, 5) is 29.4. The Hall–Kier alpha value is -2.08. The van der Waals surface area contributed by atoms with E-state index in [2.05, 4.69) is 9.97 Å². The zero-order valence-electron chi connectivity index (χ0n) is 10.8. The third kappa shape index (κ3) is 3.48. The molecule has 0 amide bonds. The van der Waals surface area contributed by atoms with Gasteiger partial charge in [0.05, 0.1) is 16.9 Å². The number of H-pyrrole nitrogens is 1. The number of nitrogens with one attached hydrogen (secondary N) is 1. The predicted octanol–water partition coefficient (Wildman–Crippen LogP) is 1.06. The van der Waals surface area contributed by atoms with Crippen molar-refractivity contribution in [2.24, 2.45) is 0 Å². The van der Waals surface area contributed by atoms with Gasteiger partial charge in [0.1, 0.15) is 0 Å². The van der Waals surface area contributed by atoms with Crippen molar-refractivity contribution in [2.75, 3.05) is 0 Å². The Morgan fingerprint density at radius 2 is 2.10 bits per heavy atom. The van der Waals surface area contributed by atoms with Gasteiger partial charge in [0.15, 0.2) is 5.16 Å². The van der Waals surface area contributed by atoms with Crippen LogP contribution in [0.4, 0.5) is 0 Å². The van der Waals surface area contributed by atoms with Crippen LogP contribution in [0.3, 0.4) is 0 Å². The summed E-state index contributed by atoms with van der Waals surface area (Å²) in [5.41, 5.74) is 1.02. The molecule has 0 bridgehead atoms. The first-order chi connectivity index (χ1) is 9.60. The molecule has 1 atom stereocenters. The second kappa shape index (κ2) is 6.38. The van der Waals surface area contributed by atoms with E-state index in [9.17, 15) is 14.7 Å². The van der Waals surface area contributed by atoms with Crippen molar-refractivity contribution < 1.29 is 9.90 Å². The van der Waals surface area contributed by atoms with E-state index in [1.165, 1.54) is 6.07 Å². The monoisotopic (exact) mass is 289 g/mol. The van der Waals surface area contributed by atoms with Crippen LogP contribution in [0.15, 0.2) is 46.3 Å². The number of rotatable bonds is 5. The fourth-order valence-electron chi connectivity index (χ4n) is 1.68. The molecule has 0 fully saturated rings. The molecule has 0 aliphatic carbocycles. The van der Waals surface area contributed by atoms with Crippen molar-refractivity contribution in [3.05, 3.63) is 46.8 Å². The van der Waals surface area contributed by atoms with Crippen molar-refractivity contribution in [1.29, 1.82) is 0 Å². The number of aromatic amines is 1. The van der Waals surface area contributed by atoms with Crippen molar-refractivity contribution in [3.8, 4) is 11.3 Å². The molecular formula is C14H13N2O3S-. The second-order valence-corrected chi connectivity index (χ2v) is 5.33. The van der Waals surface area contributed by atoms with Crippen molar-refractivity contribution in [1.82, 2.24) is 9.97 Å². The molecule has 104 valence electrons. The molecule has 5 nitrogen and oxygen atoms in total. The molecule has 1 unspecified atom stereocenters. The van der Waals surface area contributed by atoms with Crippen LogP contribution >= 0.6 is 11.8 Å². The molecule has 0 radical (unpaired) electrons. The van der Waals surface area contributed by atoms with Crippen molar-refractivity contribution in [2.45, 2.75) is 23.8 Å². The van der Waals surface area contributed by atoms with Gasteiger partial charge < -0.3 is 14.9 Å². The fourth-order valence-corrected chi connectivity index (χ4v) is 2.52. The summed E-state index contributed by atoms with van der Waals surface area (Å²) >= 11 is 0.991. The molecule has 0 aliphatic rings. The van der Waals surface area contributed by atoms with Gasteiger partial charge in [0.2, 0.25) is 0 Å². The molecule has 2 rings (SSSR count). The molecule has 0 aliphatic heterocycles. The molecular weight excluding hydrogens is 276 g/mol. The van der Waals surface area contributed by atoms with E-state index in [0.717, 1.165) is 17.3 Å². The Bertz CT molecular complexity index is 655. The molecule has 0 saturated carbocycles. The zero-order chi connectivity index (χ0) is 14.5. The number of nitrogens with zero attached hydrogens (tertiary/aromatic N) is 1. The Kier molecular flexibility index (Phi) is 4.57. The van der Waals surface area contributed by atoms with Gasteiger partial charge in [-0.15, -0.1) is 0 Å². The van der Waals surface area contributed by atoms with Gasteiger partial charge >= 0.3 is 0 Å². The smallest absolute Gasteiger partial charge is 0.252 e. The molecule has 1 heterocycles. The summed E-state index contributed by atoms with van der Waals surface area (Å²) in [6.45, 7) is 1.74. The molecule has 0 saturated heterocycles. The maximum absolute atomic E-state index is 11.7. The lowest BCUT2D eigenvalue weighted by Gasteiger charge is -2.14. The highest BCUT2D eigenvalue weighted by atomic mass is 32.2. The average Bonchev–Trinajstić information content (AvgIpc) is 2.45. The summed E-state index contributed by atoms with van der Waals surface area (Å²) in [6, 6.07) is 10.6. The molecule has 0 spiro atoms. The molecule has 20 heavy (non-hydrogen) atoms. The predicted molar refractivity (Wildman–Crippen MR) is 75.2 cm³/mol.